The number of ether oxygens (including phenoxy) is 1. The monoisotopic (exact) mass is 350 g/mol. The maximum absolute atomic E-state index is 6.51. The van der Waals surface area contributed by atoms with Crippen molar-refractivity contribution in [2.45, 2.75) is 0 Å². The zero-order valence-corrected chi connectivity index (χ0v) is 15.0. The van der Waals surface area contributed by atoms with E-state index in [4.69, 9.17) is 9.15 Å². The van der Waals surface area contributed by atoms with Crippen molar-refractivity contribution in [1.29, 1.82) is 0 Å². The van der Waals surface area contributed by atoms with Crippen molar-refractivity contribution in [2.75, 3.05) is 7.11 Å². The van der Waals surface area contributed by atoms with Crippen LogP contribution < -0.4 is 4.74 Å². The van der Waals surface area contributed by atoms with Crippen LogP contribution in [0.2, 0.25) is 0 Å². The largest absolute Gasteiger partial charge is 0.496 e. The fraction of sp³-hybridized carbons (Fsp3) is 0.0400. The van der Waals surface area contributed by atoms with Gasteiger partial charge in [0.1, 0.15) is 17.3 Å². The van der Waals surface area contributed by atoms with E-state index in [0.717, 1.165) is 49.9 Å². The molecular weight excluding hydrogens is 332 g/mol. The van der Waals surface area contributed by atoms with Crippen LogP contribution in [0.3, 0.4) is 0 Å². The first-order valence-corrected chi connectivity index (χ1v) is 9.00. The molecule has 4 aromatic carbocycles. The van der Waals surface area contributed by atoms with Gasteiger partial charge in [-0.3, -0.25) is 0 Å². The van der Waals surface area contributed by atoms with E-state index in [1.807, 2.05) is 36.4 Å². The lowest BCUT2D eigenvalue weighted by molar-refractivity contribution is 0.415. The summed E-state index contributed by atoms with van der Waals surface area (Å²) < 4.78 is 12.2. The Morgan fingerprint density at radius 2 is 1.22 bits per heavy atom. The van der Waals surface area contributed by atoms with Crippen molar-refractivity contribution >= 4 is 21.5 Å². The van der Waals surface area contributed by atoms with Gasteiger partial charge in [-0.15, -0.1) is 0 Å². The van der Waals surface area contributed by atoms with Gasteiger partial charge >= 0.3 is 0 Å². The van der Waals surface area contributed by atoms with Crippen molar-refractivity contribution < 1.29 is 9.15 Å². The number of methoxy groups -OCH3 is 1. The van der Waals surface area contributed by atoms with Gasteiger partial charge in [-0.25, -0.2) is 0 Å². The second-order valence-electron chi connectivity index (χ2n) is 6.54. The van der Waals surface area contributed by atoms with Crippen LogP contribution in [0.25, 0.3) is 44.2 Å². The van der Waals surface area contributed by atoms with Crippen LogP contribution in [0.15, 0.2) is 95.4 Å². The molecule has 0 bridgehead atoms. The third-order valence-electron chi connectivity index (χ3n) is 4.99. The minimum absolute atomic E-state index is 0.813. The number of rotatable bonds is 3. The number of furan rings is 1. The van der Waals surface area contributed by atoms with E-state index in [-0.39, 0.29) is 0 Å². The van der Waals surface area contributed by atoms with Crippen LogP contribution in [0.5, 0.6) is 5.75 Å². The molecule has 1 heterocycles. The number of benzene rings is 4. The first-order chi connectivity index (χ1) is 13.4. The number of fused-ring (bicyclic) bond motifs is 2. The van der Waals surface area contributed by atoms with E-state index in [1.165, 1.54) is 0 Å². The Bertz CT molecular complexity index is 1250. The molecule has 0 radical (unpaired) electrons. The molecular formula is C25H18O2. The fourth-order valence-corrected chi connectivity index (χ4v) is 3.74. The van der Waals surface area contributed by atoms with Crippen LogP contribution in [-0.2, 0) is 0 Å². The molecule has 0 N–H and O–H groups in total. The van der Waals surface area contributed by atoms with Gasteiger partial charge in [0.05, 0.1) is 12.7 Å². The minimum atomic E-state index is 0.813. The molecule has 2 heteroatoms. The lowest BCUT2D eigenvalue weighted by atomic mass is 9.99. The summed E-state index contributed by atoms with van der Waals surface area (Å²) in [6.45, 7) is 0. The zero-order chi connectivity index (χ0) is 18.2. The van der Waals surface area contributed by atoms with E-state index in [2.05, 4.69) is 54.6 Å². The molecule has 0 amide bonds. The molecule has 5 rings (SSSR count). The predicted molar refractivity (Wildman–Crippen MR) is 111 cm³/mol. The van der Waals surface area contributed by atoms with Gasteiger partial charge < -0.3 is 9.15 Å². The molecule has 0 atom stereocenters. The molecule has 0 fully saturated rings. The first kappa shape index (κ1) is 15.7. The highest BCUT2D eigenvalue weighted by atomic mass is 16.5. The molecule has 0 unspecified atom stereocenters. The van der Waals surface area contributed by atoms with Gasteiger partial charge in [-0.1, -0.05) is 84.9 Å². The zero-order valence-electron chi connectivity index (χ0n) is 15.0. The van der Waals surface area contributed by atoms with Gasteiger partial charge in [0.2, 0.25) is 0 Å². The average molecular weight is 350 g/mol. The minimum Gasteiger partial charge on any atom is -0.496 e. The molecule has 27 heavy (non-hydrogen) atoms. The van der Waals surface area contributed by atoms with Gasteiger partial charge in [-0.05, 0) is 16.8 Å². The molecule has 130 valence electrons. The Kier molecular flexibility index (Phi) is 3.68. The summed E-state index contributed by atoms with van der Waals surface area (Å²) >= 11 is 0. The standard InChI is InChI=1S/C25H18O2/c1-26-22-16-15-17-9-5-6-12-19(17)23(22)25-21-14-8-7-13-20(21)24(27-25)18-10-3-2-4-11-18/h2-16H,1H3. The smallest absolute Gasteiger partial charge is 0.147 e. The van der Waals surface area contributed by atoms with Crippen LogP contribution in [0, 0.1) is 0 Å². The molecule has 0 aliphatic heterocycles. The van der Waals surface area contributed by atoms with Gasteiger partial charge in [-0.2, -0.15) is 0 Å². The molecule has 0 aliphatic rings. The Balaban J connectivity index is 1.89. The topological polar surface area (TPSA) is 22.4 Å². The molecule has 5 aromatic rings. The van der Waals surface area contributed by atoms with E-state index in [9.17, 15) is 0 Å². The van der Waals surface area contributed by atoms with E-state index < -0.39 is 0 Å². The predicted octanol–water partition coefficient (Wildman–Crippen LogP) is 6.93. The highest BCUT2D eigenvalue weighted by molar-refractivity contribution is 6.09. The van der Waals surface area contributed by atoms with E-state index in [0.29, 0.717) is 0 Å². The van der Waals surface area contributed by atoms with Crippen molar-refractivity contribution in [3.63, 3.8) is 0 Å². The third-order valence-corrected chi connectivity index (χ3v) is 4.99. The third kappa shape index (κ3) is 2.49. The maximum Gasteiger partial charge on any atom is 0.147 e. The summed E-state index contributed by atoms with van der Waals surface area (Å²) in [5.74, 6) is 2.54. The molecule has 0 spiro atoms. The summed E-state index contributed by atoms with van der Waals surface area (Å²) in [7, 11) is 1.71. The van der Waals surface area contributed by atoms with Crippen molar-refractivity contribution in [3.8, 4) is 28.4 Å². The summed E-state index contributed by atoms with van der Waals surface area (Å²) in [5.41, 5.74) is 2.06. The van der Waals surface area contributed by atoms with Crippen LogP contribution in [0.1, 0.15) is 0 Å². The van der Waals surface area contributed by atoms with Crippen LogP contribution >= 0.6 is 0 Å². The second-order valence-corrected chi connectivity index (χ2v) is 6.54. The highest BCUT2D eigenvalue weighted by Crippen LogP contribution is 2.45. The summed E-state index contributed by atoms with van der Waals surface area (Å²) in [5, 5.41) is 4.48. The molecule has 0 saturated heterocycles. The molecule has 0 aliphatic carbocycles. The lowest BCUT2D eigenvalue weighted by Crippen LogP contribution is -1.89. The van der Waals surface area contributed by atoms with Crippen LogP contribution in [-0.4, -0.2) is 7.11 Å². The lowest BCUT2D eigenvalue weighted by Gasteiger charge is -2.10. The number of hydrogen-bond donors (Lipinski definition) is 0. The first-order valence-electron chi connectivity index (χ1n) is 9.00. The average Bonchev–Trinajstić information content (AvgIpc) is 3.13. The highest BCUT2D eigenvalue weighted by Gasteiger charge is 2.20. The summed E-state index contributed by atoms with van der Waals surface area (Å²) in [6, 6.07) is 31.0. The van der Waals surface area contributed by atoms with Gasteiger partial charge in [0.15, 0.2) is 0 Å². The molecule has 1 aromatic heterocycles. The quantitative estimate of drug-likeness (QED) is 0.352. The normalized spacial score (nSPS) is 11.1. The van der Waals surface area contributed by atoms with Crippen molar-refractivity contribution in [3.05, 3.63) is 91.0 Å². The Labute approximate surface area is 157 Å². The van der Waals surface area contributed by atoms with Gasteiger partial charge in [0.25, 0.3) is 0 Å². The Morgan fingerprint density at radius 1 is 0.593 bits per heavy atom. The SMILES string of the molecule is COc1ccc2ccccc2c1-c1oc(-c2ccccc2)c2ccccc12. The Hall–Kier alpha value is -3.52. The Morgan fingerprint density at radius 3 is 1.96 bits per heavy atom. The maximum atomic E-state index is 6.51. The summed E-state index contributed by atoms with van der Waals surface area (Å²) in [4.78, 5) is 0. The van der Waals surface area contributed by atoms with E-state index in [1.54, 1.807) is 7.11 Å². The van der Waals surface area contributed by atoms with Crippen molar-refractivity contribution in [1.82, 2.24) is 0 Å². The van der Waals surface area contributed by atoms with Crippen molar-refractivity contribution in [2.24, 2.45) is 0 Å². The molecule has 0 saturated carbocycles. The summed E-state index contributed by atoms with van der Waals surface area (Å²) in [6.07, 6.45) is 0. The molecule has 2 nitrogen and oxygen atoms in total. The fourth-order valence-electron chi connectivity index (χ4n) is 3.74. The van der Waals surface area contributed by atoms with E-state index >= 15 is 0 Å². The number of hydrogen-bond acceptors (Lipinski definition) is 2. The second kappa shape index (κ2) is 6.33. The van der Waals surface area contributed by atoms with Gasteiger partial charge in [0, 0.05) is 16.3 Å². The van der Waals surface area contributed by atoms with Crippen LogP contribution in [0.4, 0.5) is 0 Å².